The number of benzene rings is 2. The highest BCUT2D eigenvalue weighted by Crippen LogP contribution is 2.27. The fraction of sp³-hybridized carbons (Fsp3) is 0.606. The summed E-state index contributed by atoms with van der Waals surface area (Å²) in [5.74, 6) is 1.54. The molecule has 1 N–H and O–H groups in total. The minimum Gasteiger partial charge on any atom is -0.457 e. The average molecular weight is 495 g/mol. The van der Waals surface area contributed by atoms with Crippen LogP contribution in [0.3, 0.4) is 0 Å². The predicted molar refractivity (Wildman–Crippen MR) is 152 cm³/mol. The van der Waals surface area contributed by atoms with E-state index in [2.05, 4.69) is 6.92 Å². The van der Waals surface area contributed by atoms with Crippen molar-refractivity contribution in [1.29, 1.82) is 0 Å². The van der Waals surface area contributed by atoms with Crippen molar-refractivity contribution in [2.75, 3.05) is 0 Å². The Hall–Kier alpha value is -2.13. The second kappa shape index (κ2) is 16.6. The fourth-order valence-electron chi connectivity index (χ4n) is 4.52. The monoisotopic (exact) mass is 494 g/mol. The molecule has 0 aliphatic carbocycles. The van der Waals surface area contributed by atoms with Crippen LogP contribution in [0.4, 0.5) is 0 Å². The van der Waals surface area contributed by atoms with Gasteiger partial charge >= 0.3 is 0 Å². The van der Waals surface area contributed by atoms with Gasteiger partial charge in [-0.1, -0.05) is 123 Å². The van der Waals surface area contributed by atoms with Gasteiger partial charge in [0.05, 0.1) is 6.10 Å². The van der Waals surface area contributed by atoms with Crippen molar-refractivity contribution in [1.82, 2.24) is 0 Å². The quantitative estimate of drug-likeness (QED) is 0.166. The number of hydrogen-bond acceptors (Lipinski definition) is 3. The van der Waals surface area contributed by atoms with Crippen LogP contribution in [0.15, 0.2) is 48.5 Å². The summed E-state index contributed by atoms with van der Waals surface area (Å²) in [6, 6.07) is 15.0. The van der Waals surface area contributed by atoms with Crippen LogP contribution < -0.4 is 4.74 Å². The Labute approximate surface area is 220 Å². The molecule has 2 rings (SSSR count). The van der Waals surface area contributed by atoms with Crippen molar-refractivity contribution < 1.29 is 14.6 Å². The molecule has 200 valence electrons. The number of ether oxygens (including phenoxy) is 1. The number of aliphatic hydroxyl groups excluding tert-OH is 1. The Morgan fingerprint density at radius 1 is 0.694 bits per heavy atom. The summed E-state index contributed by atoms with van der Waals surface area (Å²) in [7, 11) is 0. The first-order valence-electron chi connectivity index (χ1n) is 14.4. The molecule has 0 bridgehead atoms. The Morgan fingerprint density at radius 3 is 1.56 bits per heavy atom. The standard InChI is InChI=1S/C33H50O3/c1-5-6-7-8-9-10-11-12-13-14-15-16-17-18-31(34)27-19-23-29(24-20-27)36-30-25-21-28(22-26-30)32(35)33(2,3)4/h19-26,31,34H,5-18H2,1-4H3. The van der Waals surface area contributed by atoms with Crippen molar-refractivity contribution in [3.8, 4) is 11.5 Å². The third-order valence-corrected chi connectivity index (χ3v) is 6.88. The van der Waals surface area contributed by atoms with Crippen molar-refractivity contribution >= 4 is 5.78 Å². The molecular formula is C33H50O3. The first kappa shape index (κ1) is 30.1. The number of rotatable bonds is 18. The number of unbranched alkanes of at least 4 members (excludes halogenated alkanes) is 12. The summed E-state index contributed by atoms with van der Waals surface area (Å²) in [6.07, 6.45) is 17.8. The van der Waals surface area contributed by atoms with Gasteiger partial charge in [-0.05, 0) is 48.4 Å². The maximum Gasteiger partial charge on any atom is 0.168 e. The zero-order valence-corrected chi connectivity index (χ0v) is 23.4. The maximum absolute atomic E-state index is 12.4. The van der Waals surface area contributed by atoms with Crippen LogP contribution in [-0.2, 0) is 0 Å². The molecule has 0 amide bonds. The number of carbonyl (C=O) groups is 1. The van der Waals surface area contributed by atoms with Crippen LogP contribution in [0.1, 0.15) is 140 Å². The molecule has 0 fully saturated rings. The van der Waals surface area contributed by atoms with Crippen LogP contribution >= 0.6 is 0 Å². The summed E-state index contributed by atoms with van der Waals surface area (Å²) in [5, 5.41) is 10.6. The van der Waals surface area contributed by atoms with E-state index in [1.165, 1.54) is 77.0 Å². The number of aliphatic hydroxyl groups is 1. The maximum atomic E-state index is 12.4. The molecule has 3 heteroatoms. The molecular weight excluding hydrogens is 444 g/mol. The molecule has 0 saturated heterocycles. The summed E-state index contributed by atoms with van der Waals surface area (Å²) >= 11 is 0. The summed E-state index contributed by atoms with van der Waals surface area (Å²) in [6.45, 7) is 8.05. The Bertz CT molecular complexity index is 846. The van der Waals surface area contributed by atoms with Crippen LogP contribution in [0.5, 0.6) is 11.5 Å². The van der Waals surface area contributed by atoms with E-state index in [9.17, 15) is 9.90 Å². The third kappa shape index (κ3) is 11.7. The van der Waals surface area contributed by atoms with E-state index in [-0.39, 0.29) is 5.78 Å². The van der Waals surface area contributed by atoms with Crippen molar-refractivity contribution in [2.45, 2.75) is 124 Å². The molecule has 0 aliphatic rings. The van der Waals surface area contributed by atoms with Gasteiger partial charge in [0.1, 0.15) is 11.5 Å². The Morgan fingerprint density at radius 2 is 1.11 bits per heavy atom. The molecule has 0 saturated carbocycles. The van der Waals surface area contributed by atoms with Gasteiger partial charge in [-0.3, -0.25) is 4.79 Å². The van der Waals surface area contributed by atoms with Gasteiger partial charge in [0.2, 0.25) is 0 Å². The minimum absolute atomic E-state index is 0.121. The smallest absolute Gasteiger partial charge is 0.168 e. The van der Waals surface area contributed by atoms with E-state index in [0.717, 1.165) is 24.2 Å². The lowest BCUT2D eigenvalue weighted by Gasteiger charge is -2.16. The molecule has 1 atom stereocenters. The fourth-order valence-corrected chi connectivity index (χ4v) is 4.52. The summed E-state index contributed by atoms with van der Waals surface area (Å²) < 4.78 is 5.92. The molecule has 1 unspecified atom stereocenters. The molecule has 2 aromatic carbocycles. The highest BCUT2D eigenvalue weighted by molar-refractivity contribution is 5.99. The predicted octanol–water partition coefficient (Wildman–Crippen LogP) is 10.2. The molecule has 0 aromatic heterocycles. The highest BCUT2D eigenvalue weighted by Gasteiger charge is 2.22. The van der Waals surface area contributed by atoms with Crippen LogP contribution in [0.2, 0.25) is 0 Å². The lowest BCUT2D eigenvalue weighted by molar-refractivity contribution is 0.0858. The van der Waals surface area contributed by atoms with Gasteiger partial charge < -0.3 is 9.84 Å². The number of carbonyl (C=O) groups excluding carboxylic acids is 1. The van der Waals surface area contributed by atoms with Gasteiger partial charge in [0.15, 0.2) is 5.78 Å². The normalized spacial score (nSPS) is 12.5. The van der Waals surface area contributed by atoms with Gasteiger partial charge in [-0.15, -0.1) is 0 Å². The van der Waals surface area contributed by atoms with E-state index >= 15 is 0 Å². The molecule has 2 aromatic rings. The molecule has 0 aliphatic heterocycles. The number of hydrogen-bond donors (Lipinski definition) is 1. The zero-order valence-electron chi connectivity index (χ0n) is 23.4. The topological polar surface area (TPSA) is 46.5 Å². The number of Topliss-reactive ketones (excluding diaryl/α,β-unsaturated/α-hetero) is 1. The lowest BCUT2D eigenvalue weighted by Crippen LogP contribution is -2.19. The molecule has 36 heavy (non-hydrogen) atoms. The van der Waals surface area contributed by atoms with Crippen molar-refractivity contribution in [3.05, 3.63) is 59.7 Å². The second-order valence-corrected chi connectivity index (χ2v) is 11.3. The van der Waals surface area contributed by atoms with E-state index in [1.54, 1.807) is 0 Å². The van der Waals surface area contributed by atoms with Gasteiger partial charge in [0.25, 0.3) is 0 Å². The zero-order chi connectivity index (χ0) is 26.2. The van der Waals surface area contributed by atoms with Gasteiger partial charge in [-0.2, -0.15) is 0 Å². The van der Waals surface area contributed by atoms with E-state index in [1.807, 2.05) is 69.3 Å². The van der Waals surface area contributed by atoms with Crippen LogP contribution in [-0.4, -0.2) is 10.9 Å². The van der Waals surface area contributed by atoms with Gasteiger partial charge in [0, 0.05) is 11.0 Å². The number of ketones is 1. The highest BCUT2D eigenvalue weighted by atomic mass is 16.5. The second-order valence-electron chi connectivity index (χ2n) is 11.3. The summed E-state index contributed by atoms with van der Waals surface area (Å²) in [5.41, 5.74) is 1.24. The Kier molecular flexibility index (Phi) is 13.9. The summed E-state index contributed by atoms with van der Waals surface area (Å²) in [4.78, 5) is 12.4. The van der Waals surface area contributed by atoms with Crippen molar-refractivity contribution in [2.24, 2.45) is 5.41 Å². The van der Waals surface area contributed by atoms with Crippen LogP contribution in [0, 0.1) is 5.41 Å². The Balaban J connectivity index is 1.59. The van der Waals surface area contributed by atoms with Crippen molar-refractivity contribution in [3.63, 3.8) is 0 Å². The molecule has 0 spiro atoms. The third-order valence-electron chi connectivity index (χ3n) is 6.88. The minimum atomic E-state index is -0.422. The SMILES string of the molecule is CCCCCCCCCCCCCCCC(O)c1ccc(Oc2ccc(C(=O)C(C)(C)C)cc2)cc1. The largest absolute Gasteiger partial charge is 0.457 e. The van der Waals surface area contributed by atoms with E-state index in [0.29, 0.717) is 11.3 Å². The first-order valence-corrected chi connectivity index (χ1v) is 14.4. The first-order chi connectivity index (χ1) is 17.3. The average Bonchev–Trinajstić information content (AvgIpc) is 2.86. The molecule has 0 heterocycles. The van der Waals surface area contributed by atoms with Crippen LogP contribution in [0.25, 0.3) is 0 Å². The van der Waals surface area contributed by atoms with Gasteiger partial charge in [-0.25, -0.2) is 0 Å². The van der Waals surface area contributed by atoms with E-state index in [4.69, 9.17) is 4.74 Å². The molecule has 0 radical (unpaired) electrons. The van der Waals surface area contributed by atoms with E-state index < -0.39 is 11.5 Å². The molecule has 3 nitrogen and oxygen atoms in total. The lowest BCUT2D eigenvalue weighted by atomic mass is 9.86.